The van der Waals surface area contributed by atoms with Gasteiger partial charge in [-0.2, -0.15) is 0 Å². The molecule has 0 aliphatic carbocycles. The highest BCUT2D eigenvalue weighted by Gasteiger charge is 2.19. The Morgan fingerprint density at radius 2 is 1.88 bits per heavy atom. The van der Waals surface area contributed by atoms with Crippen LogP contribution in [0.5, 0.6) is 0 Å². The molecule has 126 valence electrons. The number of nitrogens with zero attached hydrogens (tertiary/aromatic N) is 2. The number of nitro groups is 1. The van der Waals surface area contributed by atoms with Gasteiger partial charge in [0.2, 0.25) is 0 Å². The number of hydrogen-bond acceptors (Lipinski definition) is 5. The average molecular weight is 326 g/mol. The zero-order valence-electron chi connectivity index (χ0n) is 13.7. The zero-order chi connectivity index (χ0) is 16.9. The standard InChI is InChI=1S/C18H22N4O2/c1-14(15-5-3-2-4-6-15)20-17-13-16(7-8-18(17)22(23)24)21-11-9-19-10-12-21/h2-8,13-14,19-20H,9-12H2,1H3/t14-/m1/s1. The maximum atomic E-state index is 11.4. The molecule has 2 aromatic rings. The molecule has 1 aliphatic heterocycles. The molecule has 6 heteroatoms. The first kappa shape index (κ1) is 16.3. The summed E-state index contributed by atoms with van der Waals surface area (Å²) in [5, 5.41) is 18.0. The molecule has 2 N–H and O–H groups in total. The van der Waals surface area contributed by atoms with Gasteiger partial charge in [-0.1, -0.05) is 30.3 Å². The number of nitrogens with one attached hydrogen (secondary N) is 2. The van der Waals surface area contributed by atoms with Gasteiger partial charge in [-0.05, 0) is 24.6 Å². The van der Waals surface area contributed by atoms with Gasteiger partial charge >= 0.3 is 0 Å². The number of benzene rings is 2. The van der Waals surface area contributed by atoms with Gasteiger partial charge in [-0.25, -0.2) is 0 Å². The second-order valence-electron chi connectivity index (χ2n) is 5.97. The Hall–Kier alpha value is -2.60. The normalized spacial score (nSPS) is 15.8. The highest BCUT2D eigenvalue weighted by Crippen LogP contribution is 2.32. The van der Waals surface area contributed by atoms with Crippen molar-refractivity contribution < 1.29 is 4.92 Å². The van der Waals surface area contributed by atoms with Crippen LogP contribution in [0.4, 0.5) is 17.1 Å². The van der Waals surface area contributed by atoms with Crippen molar-refractivity contribution in [3.8, 4) is 0 Å². The average Bonchev–Trinajstić information content (AvgIpc) is 2.63. The second kappa shape index (κ2) is 7.31. The predicted octanol–water partition coefficient (Wildman–Crippen LogP) is 3.18. The summed E-state index contributed by atoms with van der Waals surface area (Å²) in [5.41, 5.74) is 2.79. The molecule has 6 nitrogen and oxygen atoms in total. The molecule has 1 heterocycles. The van der Waals surface area contributed by atoms with Crippen LogP contribution in [-0.4, -0.2) is 31.1 Å². The van der Waals surface area contributed by atoms with Crippen molar-refractivity contribution in [3.63, 3.8) is 0 Å². The van der Waals surface area contributed by atoms with Crippen LogP contribution in [0.2, 0.25) is 0 Å². The predicted molar refractivity (Wildman–Crippen MR) is 96.7 cm³/mol. The summed E-state index contributed by atoms with van der Waals surface area (Å²) < 4.78 is 0. The number of piperazine rings is 1. The van der Waals surface area contributed by atoms with Gasteiger partial charge in [0.1, 0.15) is 5.69 Å². The fraction of sp³-hybridized carbons (Fsp3) is 0.333. The van der Waals surface area contributed by atoms with Crippen LogP contribution >= 0.6 is 0 Å². The third-order valence-electron chi connectivity index (χ3n) is 4.33. The lowest BCUT2D eigenvalue weighted by molar-refractivity contribution is -0.384. The quantitative estimate of drug-likeness (QED) is 0.652. The van der Waals surface area contributed by atoms with Gasteiger partial charge in [0.05, 0.1) is 4.92 Å². The van der Waals surface area contributed by atoms with Gasteiger partial charge < -0.3 is 15.5 Å². The molecular weight excluding hydrogens is 304 g/mol. The third-order valence-corrected chi connectivity index (χ3v) is 4.33. The van der Waals surface area contributed by atoms with Gasteiger partial charge in [0, 0.05) is 44.0 Å². The monoisotopic (exact) mass is 326 g/mol. The van der Waals surface area contributed by atoms with E-state index in [9.17, 15) is 10.1 Å². The lowest BCUT2D eigenvalue weighted by Gasteiger charge is -2.30. The second-order valence-corrected chi connectivity index (χ2v) is 5.97. The summed E-state index contributed by atoms with van der Waals surface area (Å²) >= 11 is 0. The van der Waals surface area contributed by atoms with E-state index in [1.807, 2.05) is 49.4 Å². The lowest BCUT2D eigenvalue weighted by Crippen LogP contribution is -2.43. The van der Waals surface area contributed by atoms with Crippen LogP contribution < -0.4 is 15.5 Å². The Labute approximate surface area is 141 Å². The Morgan fingerprint density at radius 3 is 2.54 bits per heavy atom. The number of anilines is 2. The Balaban J connectivity index is 1.87. The van der Waals surface area contributed by atoms with Gasteiger partial charge in [-0.3, -0.25) is 10.1 Å². The summed E-state index contributed by atoms with van der Waals surface area (Å²) in [6, 6.07) is 15.3. The van der Waals surface area contributed by atoms with Crippen LogP contribution in [0.15, 0.2) is 48.5 Å². The van der Waals surface area contributed by atoms with Crippen LogP contribution in [0.3, 0.4) is 0 Å². The van der Waals surface area contributed by atoms with Crippen molar-refractivity contribution in [1.29, 1.82) is 0 Å². The van der Waals surface area contributed by atoms with Crippen molar-refractivity contribution >= 4 is 17.1 Å². The highest BCUT2D eigenvalue weighted by atomic mass is 16.6. The Morgan fingerprint density at radius 1 is 1.17 bits per heavy atom. The van der Waals surface area contributed by atoms with Crippen LogP contribution in [0, 0.1) is 10.1 Å². The molecule has 24 heavy (non-hydrogen) atoms. The molecule has 1 fully saturated rings. The SMILES string of the molecule is C[C@@H](Nc1cc(N2CCNCC2)ccc1[N+](=O)[O-])c1ccccc1. The molecule has 0 saturated carbocycles. The molecule has 1 aliphatic rings. The molecule has 0 bridgehead atoms. The lowest BCUT2D eigenvalue weighted by atomic mass is 10.1. The van der Waals surface area contributed by atoms with Gasteiger partial charge in [0.15, 0.2) is 0 Å². The molecule has 0 spiro atoms. The molecular formula is C18H22N4O2. The van der Waals surface area contributed by atoms with Crippen molar-refractivity contribution in [2.75, 3.05) is 36.4 Å². The van der Waals surface area contributed by atoms with E-state index in [0.29, 0.717) is 5.69 Å². The minimum atomic E-state index is -0.332. The minimum absolute atomic E-state index is 0.0110. The molecule has 0 radical (unpaired) electrons. The van der Waals surface area contributed by atoms with Crippen molar-refractivity contribution in [1.82, 2.24) is 5.32 Å². The highest BCUT2D eigenvalue weighted by molar-refractivity contribution is 5.69. The summed E-state index contributed by atoms with van der Waals surface area (Å²) in [5.74, 6) is 0. The van der Waals surface area contributed by atoms with Crippen LogP contribution in [-0.2, 0) is 0 Å². The fourth-order valence-corrected chi connectivity index (χ4v) is 2.98. The van der Waals surface area contributed by atoms with Crippen molar-refractivity contribution in [2.45, 2.75) is 13.0 Å². The van der Waals surface area contributed by atoms with E-state index in [0.717, 1.165) is 37.4 Å². The van der Waals surface area contributed by atoms with Crippen molar-refractivity contribution in [3.05, 3.63) is 64.2 Å². The molecule has 1 atom stereocenters. The van der Waals surface area contributed by atoms with E-state index in [1.165, 1.54) is 0 Å². The summed E-state index contributed by atoms with van der Waals surface area (Å²) in [6.07, 6.45) is 0. The smallest absolute Gasteiger partial charge is 0.292 e. The van der Waals surface area contributed by atoms with E-state index >= 15 is 0 Å². The number of hydrogen-bond donors (Lipinski definition) is 2. The van der Waals surface area contributed by atoms with E-state index in [1.54, 1.807) is 6.07 Å². The van der Waals surface area contributed by atoms with E-state index in [-0.39, 0.29) is 16.7 Å². The number of rotatable bonds is 5. The molecule has 0 aromatic heterocycles. The van der Waals surface area contributed by atoms with E-state index in [2.05, 4.69) is 15.5 Å². The topological polar surface area (TPSA) is 70.4 Å². The number of nitro benzene ring substituents is 1. The Bertz CT molecular complexity index is 699. The molecule has 1 saturated heterocycles. The zero-order valence-corrected chi connectivity index (χ0v) is 13.7. The first-order chi connectivity index (χ1) is 11.6. The summed E-state index contributed by atoms with van der Waals surface area (Å²) in [4.78, 5) is 13.3. The molecule has 2 aromatic carbocycles. The maximum absolute atomic E-state index is 11.4. The van der Waals surface area contributed by atoms with Gasteiger partial charge in [0.25, 0.3) is 5.69 Å². The first-order valence-corrected chi connectivity index (χ1v) is 8.21. The first-order valence-electron chi connectivity index (χ1n) is 8.21. The van der Waals surface area contributed by atoms with Gasteiger partial charge in [-0.15, -0.1) is 0 Å². The van der Waals surface area contributed by atoms with Crippen LogP contribution in [0.25, 0.3) is 0 Å². The van der Waals surface area contributed by atoms with E-state index < -0.39 is 0 Å². The Kier molecular flexibility index (Phi) is 4.96. The largest absolute Gasteiger partial charge is 0.373 e. The molecule has 3 rings (SSSR count). The minimum Gasteiger partial charge on any atom is -0.373 e. The maximum Gasteiger partial charge on any atom is 0.292 e. The fourth-order valence-electron chi connectivity index (χ4n) is 2.98. The molecule has 0 unspecified atom stereocenters. The van der Waals surface area contributed by atoms with Crippen LogP contribution in [0.1, 0.15) is 18.5 Å². The third kappa shape index (κ3) is 3.65. The summed E-state index contributed by atoms with van der Waals surface area (Å²) in [6.45, 7) is 5.69. The molecule has 0 amide bonds. The van der Waals surface area contributed by atoms with Crippen molar-refractivity contribution in [2.24, 2.45) is 0 Å². The summed E-state index contributed by atoms with van der Waals surface area (Å²) in [7, 11) is 0. The van der Waals surface area contributed by atoms with E-state index in [4.69, 9.17) is 0 Å².